The third kappa shape index (κ3) is 2.29. The summed E-state index contributed by atoms with van der Waals surface area (Å²) < 4.78 is 6.71. The molecule has 3 rings (SSSR count). The van der Waals surface area contributed by atoms with Crippen LogP contribution in [0.3, 0.4) is 0 Å². The highest BCUT2D eigenvalue weighted by Crippen LogP contribution is 2.63. The van der Waals surface area contributed by atoms with E-state index in [1.165, 1.54) is 0 Å². The molecule has 2 fully saturated rings. The normalized spacial score (nSPS) is 37.3. The molecule has 1 amide bonds. The summed E-state index contributed by atoms with van der Waals surface area (Å²) in [6.45, 7) is 18.8. The van der Waals surface area contributed by atoms with Crippen molar-refractivity contribution in [2.24, 2.45) is 29.1 Å². The molecule has 5 atom stereocenters. The van der Waals surface area contributed by atoms with Gasteiger partial charge >= 0.3 is 0 Å². The fraction of sp³-hybridized carbons (Fsp3) is 0.762. The Labute approximate surface area is 154 Å². The van der Waals surface area contributed by atoms with Gasteiger partial charge in [0, 0.05) is 37.5 Å². The Morgan fingerprint density at radius 2 is 2.12 bits per heavy atom. The second-order valence-corrected chi connectivity index (χ2v) is 14.3. The van der Waals surface area contributed by atoms with E-state index in [-0.39, 0.29) is 28.3 Å². The average molecular weight is 362 g/mol. The molecule has 1 saturated carbocycles. The number of carbonyl (C=O) groups excluding carboxylic acids is 1. The summed E-state index contributed by atoms with van der Waals surface area (Å²) in [4.78, 5) is 14.9. The van der Waals surface area contributed by atoms with Gasteiger partial charge in [-0.3, -0.25) is 4.79 Å². The van der Waals surface area contributed by atoms with Gasteiger partial charge < -0.3 is 9.33 Å². The molecule has 0 aromatic carbocycles. The molecule has 0 unspecified atom stereocenters. The molecule has 1 saturated heterocycles. The van der Waals surface area contributed by atoms with E-state index in [1.807, 2.05) is 18.0 Å². The Morgan fingerprint density at radius 1 is 1.48 bits per heavy atom. The summed E-state index contributed by atoms with van der Waals surface area (Å²) >= 11 is 0. The molecule has 3 aliphatic rings. The monoisotopic (exact) mass is 361 g/mol. The highest BCUT2D eigenvalue weighted by atomic mass is 28.4. The van der Waals surface area contributed by atoms with Gasteiger partial charge in [0.2, 0.25) is 5.91 Å². The second kappa shape index (κ2) is 5.82. The van der Waals surface area contributed by atoms with E-state index in [0.717, 1.165) is 13.0 Å². The SMILES string of the molecule is C=C[C@]12C(=O)N(C)[C@H]3[C@@H](CO[Si](C)(C)C(C)(C)C(C)C)[C@H]1C=CC[C@@H]32. The van der Waals surface area contributed by atoms with Crippen molar-refractivity contribution in [2.75, 3.05) is 13.7 Å². The Hall–Kier alpha value is -0.873. The smallest absolute Gasteiger partial charge is 0.233 e. The van der Waals surface area contributed by atoms with Gasteiger partial charge in [0.05, 0.1) is 5.41 Å². The third-order valence-corrected chi connectivity index (χ3v) is 12.9. The van der Waals surface area contributed by atoms with E-state index in [9.17, 15) is 4.79 Å². The van der Waals surface area contributed by atoms with Crippen LogP contribution in [0.15, 0.2) is 24.8 Å². The number of amides is 1. The predicted molar refractivity (Wildman–Crippen MR) is 106 cm³/mol. The predicted octanol–water partition coefficient (Wildman–Crippen LogP) is 4.48. The van der Waals surface area contributed by atoms with Crippen LogP contribution in [0.5, 0.6) is 0 Å². The third-order valence-electron chi connectivity index (χ3n) is 8.32. The van der Waals surface area contributed by atoms with Crippen molar-refractivity contribution < 1.29 is 9.22 Å². The Morgan fingerprint density at radius 3 is 2.64 bits per heavy atom. The van der Waals surface area contributed by atoms with Crippen LogP contribution in [0.1, 0.15) is 34.1 Å². The van der Waals surface area contributed by atoms with Crippen LogP contribution in [-0.4, -0.2) is 38.8 Å². The highest BCUT2D eigenvalue weighted by molar-refractivity contribution is 6.74. The molecule has 3 nitrogen and oxygen atoms in total. The number of nitrogens with zero attached hydrogens (tertiary/aromatic N) is 1. The first-order valence-corrected chi connectivity index (χ1v) is 12.6. The second-order valence-electron chi connectivity index (χ2n) is 9.70. The first-order valence-electron chi connectivity index (χ1n) is 9.74. The quantitative estimate of drug-likeness (QED) is 0.516. The lowest BCUT2D eigenvalue weighted by Crippen LogP contribution is -2.51. The first-order chi connectivity index (χ1) is 11.5. The number of likely N-dealkylation sites (tertiary alicyclic amines) is 1. The van der Waals surface area contributed by atoms with Crippen LogP contribution in [0, 0.1) is 29.1 Å². The summed E-state index contributed by atoms with van der Waals surface area (Å²) in [6.07, 6.45) is 7.49. The van der Waals surface area contributed by atoms with Gasteiger partial charge in [0.1, 0.15) is 0 Å². The van der Waals surface area contributed by atoms with E-state index < -0.39 is 8.32 Å². The highest BCUT2D eigenvalue weighted by Gasteiger charge is 2.70. The zero-order valence-corrected chi connectivity index (χ0v) is 18.0. The van der Waals surface area contributed by atoms with Crippen molar-refractivity contribution in [1.29, 1.82) is 0 Å². The fourth-order valence-electron chi connectivity index (χ4n) is 5.46. The molecule has 0 radical (unpaired) electrons. The molecular formula is C21H35NO2Si. The van der Waals surface area contributed by atoms with Crippen molar-refractivity contribution in [3.05, 3.63) is 24.8 Å². The van der Waals surface area contributed by atoms with E-state index in [4.69, 9.17) is 4.43 Å². The maximum absolute atomic E-state index is 12.9. The molecule has 0 N–H and O–H groups in total. The number of rotatable bonds is 6. The zero-order chi connectivity index (χ0) is 18.8. The summed E-state index contributed by atoms with van der Waals surface area (Å²) in [5.74, 6) is 1.87. The molecular weight excluding hydrogens is 326 g/mol. The van der Waals surface area contributed by atoms with Crippen molar-refractivity contribution in [3.63, 3.8) is 0 Å². The number of allylic oxidation sites excluding steroid dienone is 2. The lowest BCUT2D eigenvalue weighted by atomic mass is 9.67. The van der Waals surface area contributed by atoms with Crippen molar-refractivity contribution in [2.45, 2.75) is 58.3 Å². The minimum atomic E-state index is -1.86. The molecule has 2 aliphatic carbocycles. The topological polar surface area (TPSA) is 29.5 Å². The average Bonchev–Trinajstić information content (AvgIpc) is 2.83. The lowest BCUT2D eigenvalue weighted by molar-refractivity contribution is -0.140. The largest absolute Gasteiger partial charge is 0.416 e. The minimum absolute atomic E-state index is 0.216. The molecule has 1 heterocycles. The Kier molecular flexibility index (Phi) is 4.40. The van der Waals surface area contributed by atoms with Crippen LogP contribution in [0.2, 0.25) is 18.1 Å². The van der Waals surface area contributed by atoms with Gasteiger partial charge in [0.25, 0.3) is 0 Å². The van der Waals surface area contributed by atoms with Gasteiger partial charge in [-0.1, -0.05) is 45.9 Å². The molecule has 4 heteroatoms. The molecule has 1 aliphatic heterocycles. The lowest BCUT2D eigenvalue weighted by Gasteiger charge is -2.45. The molecule has 0 spiro atoms. The molecule has 4 bridgehead atoms. The number of piperidine rings is 1. The van der Waals surface area contributed by atoms with Crippen molar-refractivity contribution in [3.8, 4) is 0 Å². The Bertz CT molecular complexity index is 609. The van der Waals surface area contributed by atoms with Gasteiger partial charge in [-0.25, -0.2) is 0 Å². The summed E-state index contributed by atoms with van der Waals surface area (Å²) in [5.41, 5.74) is -0.387. The van der Waals surface area contributed by atoms with Crippen LogP contribution in [-0.2, 0) is 9.22 Å². The Balaban J connectivity index is 1.85. The van der Waals surface area contributed by atoms with Gasteiger partial charge in [0.15, 0.2) is 8.32 Å². The first kappa shape index (κ1) is 18.9. The van der Waals surface area contributed by atoms with E-state index in [1.54, 1.807) is 0 Å². The van der Waals surface area contributed by atoms with Crippen LogP contribution in [0.4, 0.5) is 0 Å². The zero-order valence-electron chi connectivity index (χ0n) is 17.0. The maximum atomic E-state index is 12.9. The molecule has 0 aromatic rings. The number of hydrogen-bond acceptors (Lipinski definition) is 2. The standard InChI is InChI=1S/C21H35NO2Si/c1-9-21-16-11-10-12-17(21)18(22(6)19(21)23)15(16)13-24-25(7,8)20(4,5)14(2)3/h9-11,14-18H,1,12-13H2,2-8H3/t15-,16+,17-,18-,21-/m0/s1. The van der Waals surface area contributed by atoms with E-state index in [0.29, 0.717) is 17.8 Å². The number of carbonyl (C=O) groups is 1. The van der Waals surface area contributed by atoms with Crippen LogP contribution < -0.4 is 0 Å². The molecule has 25 heavy (non-hydrogen) atoms. The molecule has 0 aromatic heterocycles. The van der Waals surface area contributed by atoms with Gasteiger partial charge in [-0.2, -0.15) is 0 Å². The summed E-state index contributed by atoms with van der Waals surface area (Å²) in [7, 11) is 0.113. The van der Waals surface area contributed by atoms with Crippen molar-refractivity contribution >= 4 is 14.2 Å². The summed E-state index contributed by atoms with van der Waals surface area (Å²) in [5, 5.41) is 0.216. The van der Waals surface area contributed by atoms with Gasteiger partial charge in [-0.05, 0) is 30.5 Å². The van der Waals surface area contributed by atoms with Gasteiger partial charge in [-0.15, -0.1) is 6.58 Å². The van der Waals surface area contributed by atoms with Crippen molar-refractivity contribution in [1.82, 2.24) is 4.90 Å². The minimum Gasteiger partial charge on any atom is -0.416 e. The fourth-order valence-corrected chi connectivity index (χ4v) is 7.84. The summed E-state index contributed by atoms with van der Waals surface area (Å²) in [6, 6.07) is 0.289. The van der Waals surface area contributed by atoms with Crippen LogP contribution in [0.25, 0.3) is 0 Å². The maximum Gasteiger partial charge on any atom is 0.233 e. The van der Waals surface area contributed by atoms with Crippen LogP contribution >= 0.6 is 0 Å². The van der Waals surface area contributed by atoms with E-state index in [2.05, 4.69) is 59.5 Å². The number of hydrogen-bond donors (Lipinski definition) is 0. The van der Waals surface area contributed by atoms with E-state index >= 15 is 0 Å². The molecule has 140 valence electrons.